The minimum Gasteiger partial charge on any atom is -0.399 e. The first-order valence-electron chi connectivity index (χ1n) is 9.49. The lowest BCUT2D eigenvalue weighted by Gasteiger charge is -2.05. The van der Waals surface area contributed by atoms with E-state index in [-0.39, 0.29) is 32.9 Å². The molecule has 0 bridgehead atoms. The van der Waals surface area contributed by atoms with Gasteiger partial charge in [0.05, 0.1) is 22.2 Å². The second-order valence-electron chi connectivity index (χ2n) is 6.39. The van der Waals surface area contributed by atoms with Gasteiger partial charge in [0.1, 0.15) is 0 Å². The average Bonchev–Trinajstić information content (AvgIpc) is 2.85. The second-order valence-corrected chi connectivity index (χ2v) is 7.43. The van der Waals surface area contributed by atoms with Crippen LogP contribution in [0.3, 0.4) is 0 Å². The van der Waals surface area contributed by atoms with Gasteiger partial charge in [0.15, 0.2) is 22.6 Å². The summed E-state index contributed by atoms with van der Waals surface area (Å²) in [5, 5.41) is 22.8. The highest BCUT2D eigenvalue weighted by atomic mass is 35.5. The van der Waals surface area contributed by atoms with Crippen molar-refractivity contribution in [1.29, 1.82) is 0 Å². The molecule has 0 aliphatic carbocycles. The molecule has 0 spiro atoms. The number of rotatable bonds is 4. The largest absolute Gasteiger partial charge is 0.399 e. The normalized spacial score (nSPS) is 9.76. The van der Waals surface area contributed by atoms with Gasteiger partial charge in [0.2, 0.25) is 10.6 Å². The van der Waals surface area contributed by atoms with Crippen molar-refractivity contribution in [3.63, 3.8) is 0 Å². The summed E-state index contributed by atoms with van der Waals surface area (Å²) in [5.74, 6) is -1.43. The quantitative estimate of drug-likeness (QED) is 0.0964. The number of nitrogens with one attached hydrogen (secondary N) is 1. The third-order valence-electron chi connectivity index (χ3n) is 3.83. The first-order chi connectivity index (χ1) is 17.5. The fourth-order valence-corrected chi connectivity index (χ4v) is 2.60. The molecular weight excluding hydrogens is 561 g/mol. The molecule has 0 saturated carbocycles. The van der Waals surface area contributed by atoms with Crippen LogP contribution >= 0.6 is 34.8 Å². The summed E-state index contributed by atoms with van der Waals surface area (Å²) in [7, 11) is 0. The standard InChI is InChI=1S/C10H6ClFN4O2.C6H6N2O2.C4HCl2FN2/c11-10-13-5-8(12)9(15-10)14-6-1-3-7(4-2-6)16(17)18;7-5-1-3-6(4-2-5)8(9)10;5-3-2(7)1-8-4(6)9-3/h1-5H,(H,13,14,15);1-4H,7H2;1H. The smallest absolute Gasteiger partial charge is 0.269 e. The Morgan fingerprint density at radius 1 is 0.757 bits per heavy atom. The Labute approximate surface area is 221 Å². The fraction of sp³-hybridized carbons (Fsp3) is 0. The van der Waals surface area contributed by atoms with Crippen LogP contribution in [0.1, 0.15) is 0 Å². The highest BCUT2D eigenvalue weighted by Gasteiger charge is 2.08. The summed E-state index contributed by atoms with van der Waals surface area (Å²) in [6.07, 6.45) is 1.85. The number of nitro benzene ring substituents is 2. The molecule has 0 fully saturated rings. The summed E-state index contributed by atoms with van der Waals surface area (Å²) in [6.45, 7) is 0. The molecule has 2 aromatic heterocycles. The van der Waals surface area contributed by atoms with E-state index in [1.54, 1.807) is 0 Å². The first kappa shape index (κ1) is 29.0. The first-order valence-corrected chi connectivity index (χ1v) is 10.6. The number of nitro groups is 2. The van der Waals surface area contributed by atoms with Crippen LogP contribution in [-0.4, -0.2) is 29.8 Å². The van der Waals surface area contributed by atoms with Gasteiger partial charge in [-0.1, -0.05) is 11.6 Å². The minimum absolute atomic E-state index is 0.0539. The maximum atomic E-state index is 13.3. The van der Waals surface area contributed by atoms with E-state index >= 15 is 0 Å². The zero-order chi connectivity index (χ0) is 27.5. The maximum absolute atomic E-state index is 13.3. The van der Waals surface area contributed by atoms with E-state index in [2.05, 4.69) is 25.3 Å². The van der Waals surface area contributed by atoms with Gasteiger partial charge in [-0.3, -0.25) is 20.2 Å². The number of nitrogen functional groups attached to an aromatic ring is 1. The molecule has 0 aliphatic rings. The third kappa shape index (κ3) is 9.71. The molecule has 2 heterocycles. The lowest BCUT2D eigenvalue weighted by molar-refractivity contribution is -0.385. The van der Waals surface area contributed by atoms with Crippen LogP contribution in [0.25, 0.3) is 0 Å². The van der Waals surface area contributed by atoms with Gasteiger partial charge >= 0.3 is 0 Å². The lowest BCUT2D eigenvalue weighted by Crippen LogP contribution is -1.99. The molecule has 2 aromatic carbocycles. The molecule has 0 unspecified atom stereocenters. The number of hydrogen-bond donors (Lipinski definition) is 2. The van der Waals surface area contributed by atoms with Crippen LogP contribution < -0.4 is 11.1 Å². The molecule has 0 aliphatic heterocycles. The van der Waals surface area contributed by atoms with Crippen molar-refractivity contribution in [2.75, 3.05) is 11.1 Å². The molecule has 0 radical (unpaired) electrons. The zero-order valence-corrected chi connectivity index (χ0v) is 20.3. The van der Waals surface area contributed by atoms with Gasteiger partial charge < -0.3 is 11.1 Å². The molecule has 0 saturated heterocycles. The van der Waals surface area contributed by atoms with Crippen molar-refractivity contribution in [3.05, 3.63) is 109 Å². The number of non-ortho nitro benzene ring substituents is 2. The van der Waals surface area contributed by atoms with Crippen molar-refractivity contribution >= 4 is 63.4 Å². The van der Waals surface area contributed by atoms with Crippen molar-refractivity contribution in [2.24, 2.45) is 0 Å². The predicted octanol–water partition coefficient (Wildman–Crippen LogP) is 6.02. The summed E-state index contributed by atoms with van der Waals surface area (Å²) < 4.78 is 25.5. The summed E-state index contributed by atoms with van der Waals surface area (Å²) in [4.78, 5) is 33.3. The van der Waals surface area contributed by atoms with Gasteiger partial charge in [-0.25, -0.2) is 23.7 Å². The summed E-state index contributed by atoms with van der Waals surface area (Å²) in [5.41, 5.74) is 6.30. The summed E-state index contributed by atoms with van der Waals surface area (Å²) >= 11 is 16.0. The molecule has 17 heteroatoms. The number of nitrogens with two attached hydrogens (primary N) is 1. The van der Waals surface area contributed by atoms with E-state index in [1.165, 1.54) is 48.5 Å². The predicted molar refractivity (Wildman–Crippen MR) is 133 cm³/mol. The van der Waals surface area contributed by atoms with E-state index < -0.39 is 21.5 Å². The van der Waals surface area contributed by atoms with Gasteiger partial charge in [0, 0.05) is 35.6 Å². The van der Waals surface area contributed by atoms with Crippen LogP contribution in [0.5, 0.6) is 0 Å². The van der Waals surface area contributed by atoms with Crippen LogP contribution in [0.2, 0.25) is 15.7 Å². The molecule has 12 nitrogen and oxygen atoms in total. The van der Waals surface area contributed by atoms with Crippen LogP contribution in [0.15, 0.2) is 60.9 Å². The van der Waals surface area contributed by atoms with E-state index in [9.17, 15) is 29.0 Å². The monoisotopic (exact) mass is 572 g/mol. The van der Waals surface area contributed by atoms with Gasteiger partial charge in [-0.2, -0.15) is 4.98 Å². The second kappa shape index (κ2) is 13.7. The fourth-order valence-electron chi connectivity index (χ4n) is 2.16. The number of halogens is 5. The van der Waals surface area contributed by atoms with Crippen LogP contribution in [0, 0.1) is 31.9 Å². The zero-order valence-electron chi connectivity index (χ0n) is 18.1. The number of benzene rings is 2. The molecular formula is C20H13Cl3F2N8O4. The Kier molecular flexibility index (Phi) is 10.7. The van der Waals surface area contributed by atoms with Gasteiger partial charge in [-0.05, 0) is 47.5 Å². The number of nitrogens with zero attached hydrogens (tertiary/aromatic N) is 6. The van der Waals surface area contributed by atoms with Crippen molar-refractivity contribution in [1.82, 2.24) is 19.9 Å². The molecule has 0 atom stereocenters. The Morgan fingerprint density at radius 2 is 1.22 bits per heavy atom. The lowest BCUT2D eigenvalue weighted by atomic mass is 10.3. The number of anilines is 3. The molecule has 37 heavy (non-hydrogen) atoms. The molecule has 3 N–H and O–H groups in total. The maximum Gasteiger partial charge on any atom is 0.269 e. The van der Waals surface area contributed by atoms with E-state index in [1.807, 2.05) is 0 Å². The highest BCUT2D eigenvalue weighted by Crippen LogP contribution is 2.21. The van der Waals surface area contributed by atoms with Crippen LogP contribution in [-0.2, 0) is 0 Å². The topological polar surface area (TPSA) is 176 Å². The Morgan fingerprint density at radius 3 is 1.68 bits per heavy atom. The van der Waals surface area contributed by atoms with Crippen molar-refractivity contribution < 1.29 is 18.6 Å². The highest BCUT2D eigenvalue weighted by molar-refractivity contribution is 6.31. The number of aromatic nitrogens is 4. The molecule has 4 rings (SSSR count). The molecule has 0 amide bonds. The van der Waals surface area contributed by atoms with Gasteiger partial charge in [0.25, 0.3) is 11.4 Å². The van der Waals surface area contributed by atoms with E-state index in [4.69, 9.17) is 40.5 Å². The van der Waals surface area contributed by atoms with Crippen LogP contribution in [0.4, 0.5) is 37.3 Å². The SMILES string of the molecule is Fc1cnc(Cl)nc1Cl.Nc1ccc([N+](=O)[O-])cc1.O=[N+]([O-])c1ccc(Nc2nc(Cl)ncc2F)cc1. The van der Waals surface area contributed by atoms with Crippen molar-refractivity contribution in [3.8, 4) is 0 Å². The Bertz CT molecular complexity index is 1380. The van der Waals surface area contributed by atoms with Crippen molar-refractivity contribution in [2.45, 2.75) is 0 Å². The Balaban J connectivity index is 0.000000214. The summed E-state index contributed by atoms with van der Waals surface area (Å²) in [6, 6.07) is 11.2. The third-order valence-corrected chi connectivity index (χ3v) is 4.46. The van der Waals surface area contributed by atoms with Gasteiger partial charge in [-0.15, -0.1) is 0 Å². The number of hydrogen-bond acceptors (Lipinski definition) is 10. The van der Waals surface area contributed by atoms with E-state index in [0.29, 0.717) is 11.4 Å². The Hall–Kier alpha value is -4.27. The molecule has 4 aromatic rings. The van der Waals surface area contributed by atoms with E-state index in [0.717, 1.165) is 12.4 Å². The average molecular weight is 574 g/mol. The minimum atomic E-state index is -0.669. The molecule has 192 valence electrons.